The third-order valence-corrected chi connectivity index (χ3v) is 5.16. The Kier molecular flexibility index (Phi) is 8.11. The number of benzene rings is 3. The molecule has 1 N–H and O–H groups in total. The van der Waals surface area contributed by atoms with E-state index in [1.165, 1.54) is 11.8 Å². The number of methoxy groups -OCH3 is 1. The molecule has 3 aromatic carbocycles. The van der Waals surface area contributed by atoms with Crippen molar-refractivity contribution < 1.29 is 19.0 Å². The van der Waals surface area contributed by atoms with Gasteiger partial charge < -0.3 is 14.2 Å². The van der Waals surface area contributed by atoms with Gasteiger partial charge in [-0.1, -0.05) is 35.9 Å². The molecule has 0 aliphatic rings. The monoisotopic (exact) mass is 452 g/mol. The lowest BCUT2D eigenvalue weighted by Gasteiger charge is -2.12. The maximum atomic E-state index is 12.0. The fourth-order valence-corrected chi connectivity index (χ4v) is 3.00. The van der Waals surface area contributed by atoms with Gasteiger partial charge in [-0.15, -0.1) is 0 Å². The molecule has 0 radical (unpaired) electrons. The van der Waals surface area contributed by atoms with E-state index in [4.69, 9.17) is 25.8 Å². The van der Waals surface area contributed by atoms with Crippen molar-refractivity contribution in [3.63, 3.8) is 0 Å². The zero-order valence-electron chi connectivity index (χ0n) is 18.2. The largest absolute Gasteiger partial charge is 0.493 e. The molecule has 7 heteroatoms. The molecular weight excluding hydrogens is 428 g/mol. The Labute approximate surface area is 192 Å². The minimum atomic E-state index is -0.376. The smallest absolute Gasteiger partial charge is 0.277 e. The van der Waals surface area contributed by atoms with E-state index in [1.54, 1.807) is 31.4 Å². The minimum Gasteiger partial charge on any atom is -0.493 e. The summed E-state index contributed by atoms with van der Waals surface area (Å²) in [7, 11) is 1.58. The normalized spacial score (nSPS) is 10.8. The number of carbonyl (C=O) groups excluding carboxylic acids is 1. The molecule has 6 nitrogen and oxygen atoms in total. The standard InChI is InChI=1S/C25H25ClN2O4/c1-17-6-4-5-7-20(17)15-32-23-11-8-19(13-24(23)30-3)14-27-28-25(29)16-31-21-9-10-22(26)18(2)12-21/h4-14H,15-16H2,1-3H3,(H,28,29)/b27-14+. The highest BCUT2D eigenvalue weighted by Crippen LogP contribution is 2.28. The number of hydrogen-bond donors (Lipinski definition) is 1. The van der Waals surface area contributed by atoms with Crippen molar-refractivity contribution in [2.75, 3.05) is 13.7 Å². The van der Waals surface area contributed by atoms with Gasteiger partial charge in [0.25, 0.3) is 5.91 Å². The number of halogens is 1. The van der Waals surface area contributed by atoms with E-state index in [1.807, 2.05) is 50.2 Å². The Morgan fingerprint density at radius 2 is 1.81 bits per heavy atom. The third kappa shape index (κ3) is 6.49. The highest BCUT2D eigenvalue weighted by Gasteiger charge is 2.07. The summed E-state index contributed by atoms with van der Waals surface area (Å²) in [4.78, 5) is 12.0. The molecule has 166 valence electrons. The zero-order valence-corrected chi connectivity index (χ0v) is 19.0. The number of carbonyl (C=O) groups is 1. The van der Waals surface area contributed by atoms with Crippen LogP contribution in [-0.2, 0) is 11.4 Å². The van der Waals surface area contributed by atoms with Crippen LogP contribution in [0.2, 0.25) is 5.02 Å². The highest BCUT2D eigenvalue weighted by molar-refractivity contribution is 6.31. The van der Waals surface area contributed by atoms with E-state index in [0.717, 1.165) is 16.7 Å². The van der Waals surface area contributed by atoms with Gasteiger partial charge in [0.1, 0.15) is 12.4 Å². The molecule has 0 aliphatic heterocycles. The molecular formula is C25H25ClN2O4. The summed E-state index contributed by atoms with van der Waals surface area (Å²) in [6.07, 6.45) is 1.53. The van der Waals surface area contributed by atoms with Crippen LogP contribution < -0.4 is 19.6 Å². The summed E-state index contributed by atoms with van der Waals surface area (Å²) >= 11 is 5.98. The molecule has 0 spiro atoms. The van der Waals surface area contributed by atoms with Crippen LogP contribution in [0.4, 0.5) is 0 Å². The lowest BCUT2D eigenvalue weighted by atomic mass is 10.1. The molecule has 0 bridgehead atoms. The number of hydrogen-bond acceptors (Lipinski definition) is 5. The van der Waals surface area contributed by atoms with Gasteiger partial charge in [-0.05, 0) is 72.5 Å². The third-order valence-electron chi connectivity index (χ3n) is 4.73. The van der Waals surface area contributed by atoms with E-state index < -0.39 is 0 Å². The van der Waals surface area contributed by atoms with Crippen molar-refractivity contribution >= 4 is 23.7 Å². The molecule has 32 heavy (non-hydrogen) atoms. The lowest BCUT2D eigenvalue weighted by molar-refractivity contribution is -0.123. The van der Waals surface area contributed by atoms with Gasteiger partial charge in [-0.2, -0.15) is 5.10 Å². The second-order valence-corrected chi connectivity index (χ2v) is 7.53. The Hall–Kier alpha value is -3.51. The molecule has 0 saturated heterocycles. The summed E-state index contributed by atoms with van der Waals surface area (Å²) in [5.41, 5.74) is 6.34. The second-order valence-electron chi connectivity index (χ2n) is 7.12. The number of hydrazone groups is 1. The van der Waals surface area contributed by atoms with Gasteiger partial charge in [0.2, 0.25) is 0 Å². The number of ether oxygens (including phenoxy) is 3. The minimum absolute atomic E-state index is 0.159. The van der Waals surface area contributed by atoms with E-state index >= 15 is 0 Å². The van der Waals surface area contributed by atoms with Crippen molar-refractivity contribution in [3.05, 3.63) is 87.9 Å². The number of amides is 1. The van der Waals surface area contributed by atoms with Crippen LogP contribution in [0.3, 0.4) is 0 Å². The van der Waals surface area contributed by atoms with Crippen LogP contribution in [0.1, 0.15) is 22.3 Å². The van der Waals surface area contributed by atoms with Crippen LogP contribution >= 0.6 is 11.6 Å². The van der Waals surface area contributed by atoms with E-state index in [9.17, 15) is 4.79 Å². The zero-order chi connectivity index (χ0) is 22.9. The van der Waals surface area contributed by atoms with Crippen LogP contribution in [0, 0.1) is 13.8 Å². The van der Waals surface area contributed by atoms with Gasteiger partial charge in [0.15, 0.2) is 18.1 Å². The van der Waals surface area contributed by atoms with Gasteiger partial charge >= 0.3 is 0 Å². The SMILES string of the molecule is COc1cc(/C=N/NC(=O)COc2ccc(Cl)c(C)c2)ccc1OCc1ccccc1C. The van der Waals surface area contributed by atoms with Crippen molar-refractivity contribution in [1.82, 2.24) is 5.43 Å². The first kappa shape index (κ1) is 23.2. The average molecular weight is 453 g/mol. The fourth-order valence-electron chi connectivity index (χ4n) is 2.88. The molecule has 0 aliphatic carbocycles. The molecule has 0 unspecified atom stereocenters. The van der Waals surface area contributed by atoms with Crippen molar-refractivity contribution in [3.8, 4) is 17.2 Å². The summed E-state index contributed by atoms with van der Waals surface area (Å²) < 4.78 is 16.8. The first-order chi connectivity index (χ1) is 15.5. The Balaban J connectivity index is 1.53. The van der Waals surface area contributed by atoms with Crippen LogP contribution in [0.25, 0.3) is 0 Å². The maximum absolute atomic E-state index is 12.0. The van der Waals surface area contributed by atoms with E-state index in [-0.39, 0.29) is 12.5 Å². The highest BCUT2D eigenvalue weighted by atomic mass is 35.5. The van der Waals surface area contributed by atoms with Gasteiger partial charge in [0.05, 0.1) is 13.3 Å². The molecule has 0 fully saturated rings. The van der Waals surface area contributed by atoms with E-state index in [0.29, 0.717) is 28.9 Å². The number of aryl methyl sites for hydroxylation is 2. The molecule has 0 atom stereocenters. The Morgan fingerprint density at radius 1 is 1.00 bits per heavy atom. The Morgan fingerprint density at radius 3 is 2.56 bits per heavy atom. The second kappa shape index (κ2) is 11.2. The lowest BCUT2D eigenvalue weighted by Crippen LogP contribution is -2.24. The van der Waals surface area contributed by atoms with Gasteiger partial charge in [-0.3, -0.25) is 4.79 Å². The topological polar surface area (TPSA) is 69.2 Å². The summed E-state index contributed by atoms with van der Waals surface area (Å²) in [5.74, 6) is 1.40. The van der Waals surface area contributed by atoms with Gasteiger partial charge in [-0.25, -0.2) is 5.43 Å². The number of nitrogens with zero attached hydrogens (tertiary/aromatic N) is 1. The molecule has 3 aromatic rings. The van der Waals surface area contributed by atoms with Crippen LogP contribution in [0.15, 0.2) is 65.8 Å². The fraction of sp³-hybridized carbons (Fsp3) is 0.200. The molecule has 0 heterocycles. The van der Waals surface area contributed by atoms with Crippen LogP contribution in [-0.4, -0.2) is 25.8 Å². The van der Waals surface area contributed by atoms with Crippen molar-refractivity contribution in [2.45, 2.75) is 20.5 Å². The quantitative estimate of drug-likeness (QED) is 0.363. The maximum Gasteiger partial charge on any atom is 0.277 e. The first-order valence-corrected chi connectivity index (χ1v) is 10.4. The predicted octanol–water partition coefficient (Wildman–Crippen LogP) is 5.07. The molecule has 3 rings (SSSR count). The predicted molar refractivity (Wildman–Crippen MR) is 126 cm³/mol. The van der Waals surface area contributed by atoms with E-state index in [2.05, 4.69) is 10.5 Å². The molecule has 0 aromatic heterocycles. The van der Waals surface area contributed by atoms with Gasteiger partial charge in [0, 0.05) is 5.02 Å². The summed E-state index contributed by atoms with van der Waals surface area (Å²) in [6, 6.07) is 18.7. The number of nitrogens with one attached hydrogen (secondary N) is 1. The Bertz CT molecular complexity index is 1110. The average Bonchev–Trinajstić information content (AvgIpc) is 2.79. The van der Waals surface area contributed by atoms with Crippen molar-refractivity contribution in [2.24, 2.45) is 5.10 Å². The molecule has 1 amide bonds. The van der Waals surface area contributed by atoms with Crippen LogP contribution in [0.5, 0.6) is 17.2 Å². The summed E-state index contributed by atoms with van der Waals surface area (Å²) in [5, 5.41) is 4.62. The number of rotatable bonds is 9. The first-order valence-electron chi connectivity index (χ1n) is 10.0. The summed E-state index contributed by atoms with van der Waals surface area (Å²) in [6.45, 7) is 4.20. The van der Waals surface area contributed by atoms with Crippen molar-refractivity contribution in [1.29, 1.82) is 0 Å². The molecule has 0 saturated carbocycles.